The molecule has 0 radical (unpaired) electrons. The lowest BCUT2D eigenvalue weighted by atomic mass is 9.98. The van der Waals surface area contributed by atoms with Crippen LogP contribution < -0.4 is 5.32 Å². The standard InChI is InChI=1S/C17H30N2O2/c1-4-17(3)16(20)19(12(2)14-10-7-11-21-14)15(18-17)13-8-5-6-9-13/h12-15,18H,4-11H2,1-3H3. The fourth-order valence-electron chi connectivity index (χ4n) is 4.34. The first-order valence-corrected chi connectivity index (χ1v) is 8.79. The van der Waals surface area contributed by atoms with Gasteiger partial charge in [0.2, 0.25) is 5.91 Å². The number of nitrogens with zero attached hydrogens (tertiary/aromatic N) is 1. The van der Waals surface area contributed by atoms with E-state index in [2.05, 4.69) is 31.0 Å². The van der Waals surface area contributed by atoms with E-state index in [1.807, 2.05) is 0 Å². The Bertz CT molecular complexity index is 388. The summed E-state index contributed by atoms with van der Waals surface area (Å²) in [7, 11) is 0. The second-order valence-electron chi connectivity index (χ2n) is 7.32. The predicted octanol–water partition coefficient (Wildman–Crippen LogP) is 2.67. The highest BCUT2D eigenvalue weighted by atomic mass is 16.5. The molecule has 4 unspecified atom stereocenters. The van der Waals surface area contributed by atoms with Gasteiger partial charge in [0.1, 0.15) is 0 Å². The molecule has 1 aliphatic carbocycles. The SMILES string of the molecule is CCC1(C)NC(C2CCCC2)N(C(C)C2CCCO2)C1=O. The summed E-state index contributed by atoms with van der Waals surface area (Å²) in [5, 5.41) is 3.68. The number of carbonyl (C=O) groups is 1. The van der Waals surface area contributed by atoms with Crippen LogP contribution in [0.5, 0.6) is 0 Å². The smallest absolute Gasteiger partial charge is 0.244 e. The van der Waals surface area contributed by atoms with Gasteiger partial charge < -0.3 is 9.64 Å². The first-order chi connectivity index (χ1) is 10.1. The van der Waals surface area contributed by atoms with Gasteiger partial charge >= 0.3 is 0 Å². The zero-order valence-corrected chi connectivity index (χ0v) is 13.7. The predicted molar refractivity (Wildman–Crippen MR) is 82.9 cm³/mol. The minimum atomic E-state index is -0.389. The van der Waals surface area contributed by atoms with Crippen LogP contribution in [0.1, 0.15) is 65.7 Å². The Hall–Kier alpha value is -0.610. The minimum Gasteiger partial charge on any atom is -0.376 e. The Morgan fingerprint density at radius 2 is 2.05 bits per heavy atom. The van der Waals surface area contributed by atoms with Crippen molar-refractivity contribution >= 4 is 5.91 Å². The first kappa shape index (κ1) is 15.3. The lowest BCUT2D eigenvalue weighted by molar-refractivity contribution is -0.138. The van der Waals surface area contributed by atoms with Crippen molar-refractivity contribution in [2.75, 3.05) is 6.61 Å². The van der Waals surface area contributed by atoms with Crippen LogP contribution >= 0.6 is 0 Å². The van der Waals surface area contributed by atoms with Crippen molar-refractivity contribution < 1.29 is 9.53 Å². The first-order valence-electron chi connectivity index (χ1n) is 8.79. The van der Waals surface area contributed by atoms with Gasteiger partial charge in [-0.1, -0.05) is 19.8 Å². The Labute approximate surface area is 128 Å². The molecule has 2 aliphatic heterocycles. The second kappa shape index (κ2) is 5.88. The molecule has 0 spiro atoms. The molecule has 120 valence electrons. The lowest BCUT2D eigenvalue weighted by Gasteiger charge is -2.36. The van der Waals surface area contributed by atoms with Crippen molar-refractivity contribution in [3.8, 4) is 0 Å². The highest BCUT2D eigenvalue weighted by Crippen LogP contribution is 2.37. The lowest BCUT2D eigenvalue weighted by Crippen LogP contribution is -2.51. The molecule has 2 saturated heterocycles. The molecular weight excluding hydrogens is 264 g/mol. The van der Waals surface area contributed by atoms with Crippen molar-refractivity contribution in [3.05, 3.63) is 0 Å². The van der Waals surface area contributed by atoms with Crippen LogP contribution in [0.3, 0.4) is 0 Å². The molecule has 4 atom stereocenters. The summed E-state index contributed by atoms with van der Waals surface area (Å²) in [4.78, 5) is 15.2. The van der Waals surface area contributed by atoms with Crippen LogP contribution in [0, 0.1) is 5.92 Å². The second-order valence-corrected chi connectivity index (χ2v) is 7.32. The Morgan fingerprint density at radius 3 is 2.62 bits per heavy atom. The molecule has 1 saturated carbocycles. The van der Waals surface area contributed by atoms with Crippen LogP contribution in [0.25, 0.3) is 0 Å². The van der Waals surface area contributed by atoms with Crippen molar-refractivity contribution in [2.45, 2.75) is 89.6 Å². The molecule has 0 aromatic rings. The van der Waals surface area contributed by atoms with Crippen molar-refractivity contribution in [1.82, 2.24) is 10.2 Å². The average molecular weight is 294 g/mol. The van der Waals surface area contributed by atoms with E-state index in [-0.39, 0.29) is 29.8 Å². The van der Waals surface area contributed by atoms with E-state index in [4.69, 9.17) is 4.74 Å². The van der Waals surface area contributed by atoms with E-state index in [1.165, 1.54) is 25.7 Å². The number of nitrogens with one attached hydrogen (secondary N) is 1. The molecular formula is C17H30N2O2. The molecule has 1 amide bonds. The fourth-order valence-corrected chi connectivity index (χ4v) is 4.34. The van der Waals surface area contributed by atoms with Gasteiger partial charge in [0.15, 0.2) is 0 Å². The molecule has 4 nitrogen and oxygen atoms in total. The van der Waals surface area contributed by atoms with Crippen molar-refractivity contribution in [2.24, 2.45) is 5.92 Å². The maximum Gasteiger partial charge on any atom is 0.244 e. The van der Waals surface area contributed by atoms with Gasteiger partial charge in [-0.3, -0.25) is 10.1 Å². The summed E-state index contributed by atoms with van der Waals surface area (Å²) in [5.74, 6) is 0.899. The summed E-state index contributed by atoms with van der Waals surface area (Å²) in [6.07, 6.45) is 8.62. The summed E-state index contributed by atoms with van der Waals surface area (Å²) < 4.78 is 5.87. The number of hydrogen-bond acceptors (Lipinski definition) is 3. The molecule has 21 heavy (non-hydrogen) atoms. The molecule has 1 N–H and O–H groups in total. The zero-order valence-electron chi connectivity index (χ0n) is 13.7. The molecule has 3 rings (SSSR count). The van der Waals surface area contributed by atoms with Crippen LogP contribution in [0.2, 0.25) is 0 Å². The highest BCUT2D eigenvalue weighted by Gasteiger charge is 2.52. The fraction of sp³-hybridized carbons (Fsp3) is 0.941. The van der Waals surface area contributed by atoms with Gasteiger partial charge in [0, 0.05) is 6.61 Å². The summed E-state index contributed by atoms with van der Waals surface area (Å²) >= 11 is 0. The number of ether oxygens (including phenoxy) is 1. The minimum absolute atomic E-state index is 0.187. The average Bonchev–Trinajstić information content (AvgIpc) is 3.20. The molecule has 0 aromatic carbocycles. The van der Waals surface area contributed by atoms with E-state index in [1.54, 1.807) is 0 Å². The summed E-state index contributed by atoms with van der Waals surface area (Å²) in [6.45, 7) is 7.21. The Morgan fingerprint density at radius 1 is 1.33 bits per heavy atom. The van der Waals surface area contributed by atoms with Crippen LogP contribution in [0.4, 0.5) is 0 Å². The highest BCUT2D eigenvalue weighted by molar-refractivity contribution is 5.88. The van der Waals surface area contributed by atoms with E-state index in [9.17, 15) is 4.79 Å². The Balaban J connectivity index is 1.83. The quantitative estimate of drug-likeness (QED) is 0.867. The number of amides is 1. The van der Waals surface area contributed by atoms with Crippen LogP contribution in [-0.4, -0.2) is 41.3 Å². The third-order valence-electron chi connectivity index (χ3n) is 5.97. The number of carbonyl (C=O) groups excluding carboxylic acids is 1. The zero-order chi connectivity index (χ0) is 15.0. The monoisotopic (exact) mass is 294 g/mol. The van der Waals surface area contributed by atoms with Crippen molar-refractivity contribution in [1.29, 1.82) is 0 Å². The van der Waals surface area contributed by atoms with E-state index < -0.39 is 0 Å². The van der Waals surface area contributed by atoms with Gasteiger partial charge in [0.05, 0.1) is 23.9 Å². The molecule has 0 aromatic heterocycles. The van der Waals surface area contributed by atoms with Gasteiger partial charge in [0.25, 0.3) is 0 Å². The largest absolute Gasteiger partial charge is 0.376 e. The van der Waals surface area contributed by atoms with Crippen LogP contribution in [-0.2, 0) is 9.53 Å². The molecule has 4 heteroatoms. The number of hydrogen-bond donors (Lipinski definition) is 1. The van der Waals surface area contributed by atoms with Gasteiger partial charge in [-0.15, -0.1) is 0 Å². The number of rotatable bonds is 4. The Kier molecular flexibility index (Phi) is 4.28. The van der Waals surface area contributed by atoms with Gasteiger partial charge in [-0.25, -0.2) is 0 Å². The van der Waals surface area contributed by atoms with E-state index >= 15 is 0 Å². The third-order valence-corrected chi connectivity index (χ3v) is 5.97. The summed E-state index contributed by atoms with van der Waals surface area (Å²) in [6, 6.07) is 0.187. The van der Waals surface area contributed by atoms with E-state index in [0.717, 1.165) is 25.9 Å². The molecule has 3 aliphatic rings. The van der Waals surface area contributed by atoms with Gasteiger partial charge in [-0.2, -0.15) is 0 Å². The summed E-state index contributed by atoms with van der Waals surface area (Å²) in [5.41, 5.74) is -0.389. The maximum absolute atomic E-state index is 13.0. The third kappa shape index (κ3) is 2.61. The molecule has 2 heterocycles. The van der Waals surface area contributed by atoms with Crippen LogP contribution in [0.15, 0.2) is 0 Å². The van der Waals surface area contributed by atoms with E-state index in [0.29, 0.717) is 5.92 Å². The van der Waals surface area contributed by atoms with Crippen molar-refractivity contribution in [3.63, 3.8) is 0 Å². The molecule has 0 bridgehead atoms. The van der Waals surface area contributed by atoms with Gasteiger partial charge in [-0.05, 0) is 51.9 Å². The maximum atomic E-state index is 13.0. The topological polar surface area (TPSA) is 41.6 Å². The normalized spacial score (nSPS) is 39.4. The molecule has 3 fully saturated rings.